The molecule has 0 aliphatic rings. The van der Waals surface area contributed by atoms with Crippen molar-refractivity contribution in [2.45, 2.75) is 0 Å². The number of rotatable bonds is 0. The fraction of sp³-hybridized carbons (Fsp3) is 0. The highest BCUT2D eigenvalue weighted by Crippen LogP contribution is 2.26. The van der Waals surface area contributed by atoms with E-state index < -0.39 is 0 Å². The highest BCUT2D eigenvalue weighted by Gasteiger charge is 2.05. The van der Waals surface area contributed by atoms with Gasteiger partial charge in [0.05, 0.1) is 5.39 Å². The van der Waals surface area contributed by atoms with Crippen molar-refractivity contribution in [1.29, 1.82) is 0 Å². The highest BCUT2D eigenvalue weighted by atomic mass is 79.9. The average molecular weight is 213 g/mol. The Hall–Kier alpha value is -1.03. The zero-order valence-electron chi connectivity index (χ0n) is 5.54. The smallest absolute Gasteiger partial charge is 0.230 e. The van der Waals surface area contributed by atoms with Crippen molar-refractivity contribution in [2.75, 3.05) is 5.73 Å². The number of hydrogen-bond acceptors (Lipinski definition) is 3. The van der Waals surface area contributed by atoms with Crippen LogP contribution >= 0.6 is 15.9 Å². The van der Waals surface area contributed by atoms with Gasteiger partial charge in [0, 0.05) is 4.47 Å². The predicted octanol–water partition coefficient (Wildman–Crippen LogP) is 2.17. The Morgan fingerprint density at radius 1 is 1.45 bits per heavy atom. The summed E-state index contributed by atoms with van der Waals surface area (Å²) in [5, 5.41) is 4.62. The van der Waals surface area contributed by atoms with E-state index in [2.05, 4.69) is 21.1 Å². The van der Waals surface area contributed by atoms with Crippen LogP contribution in [0.25, 0.3) is 10.9 Å². The van der Waals surface area contributed by atoms with E-state index in [1.54, 1.807) is 0 Å². The summed E-state index contributed by atoms with van der Waals surface area (Å²) >= 11 is 3.33. The molecule has 2 N–H and O–H groups in total. The maximum absolute atomic E-state index is 5.50. The Kier molecular flexibility index (Phi) is 1.35. The van der Waals surface area contributed by atoms with Crippen LogP contribution in [-0.2, 0) is 0 Å². The quantitative estimate of drug-likeness (QED) is 0.729. The lowest BCUT2D eigenvalue weighted by molar-refractivity contribution is 0.445. The first-order valence-corrected chi connectivity index (χ1v) is 3.87. The van der Waals surface area contributed by atoms with E-state index in [1.165, 1.54) is 0 Å². The van der Waals surface area contributed by atoms with Gasteiger partial charge in [-0.3, -0.25) is 0 Å². The van der Waals surface area contributed by atoms with Gasteiger partial charge in [-0.05, 0) is 28.1 Å². The minimum atomic E-state index is 0.362. The van der Waals surface area contributed by atoms with Gasteiger partial charge in [-0.1, -0.05) is 11.2 Å². The van der Waals surface area contributed by atoms with Gasteiger partial charge in [-0.25, -0.2) is 0 Å². The SMILES string of the molecule is Nc1onc2c(Br)cccc12. The fourth-order valence-corrected chi connectivity index (χ4v) is 1.39. The Labute approximate surface area is 71.3 Å². The summed E-state index contributed by atoms with van der Waals surface area (Å²) in [6, 6.07) is 5.65. The lowest BCUT2D eigenvalue weighted by Crippen LogP contribution is -1.79. The van der Waals surface area contributed by atoms with Crippen molar-refractivity contribution in [3.05, 3.63) is 22.7 Å². The molecule has 0 aliphatic carbocycles. The summed E-state index contributed by atoms with van der Waals surface area (Å²) in [5.74, 6) is 0.362. The number of nitrogens with two attached hydrogens (primary N) is 1. The second-order valence-electron chi connectivity index (χ2n) is 2.18. The first kappa shape index (κ1) is 6.67. The number of nitrogen functional groups attached to an aromatic ring is 1. The molecule has 0 saturated heterocycles. The van der Waals surface area contributed by atoms with E-state index in [4.69, 9.17) is 10.3 Å². The molecule has 0 fully saturated rings. The van der Waals surface area contributed by atoms with Crippen LogP contribution < -0.4 is 5.73 Å². The third-order valence-corrected chi connectivity index (χ3v) is 2.13. The monoisotopic (exact) mass is 212 g/mol. The van der Waals surface area contributed by atoms with Crippen LogP contribution in [0.15, 0.2) is 27.2 Å². The van der Waals surface area contributed by atoms with Crippen molar-refractivity contribution in [2.24, 2.45) is 0 Å². The van der Waals surface area contributed by atoms with Crippen molar-refractivity contribution < 1.29 is 4.52 Å². The van der Waals surface area contributed by atoms with Gasteiger partial charge < -0.3 is 10.3 Å². The summed E-state index contributed by atoms with van der Waals surface area (Å²) in [4.78, 5) is 0. The summed E-state index contributed by atoms with van der Waals surface area (Å²) < 4.78 is 5.69. The van der Waals surface area contributed by atoms with Gasteiger partial charge in [-0.2, -0.15) is 0 Å². The third-order valence-electron chi connectivity index (χ3n) is 1.49. The van der Waals surface area contributed by atoms with Gasteiger partial charge in [0.15, 0.2) is 0 Å². The fourth-order valence-electron chi connectivity index (χ4n) is 0.951. The molecule has 0 unspecified atom stereocenters. The zero-order chi connectivity index (χ0) is 7.84. The molecule has 1 aromatic heterocycles. The second-order valence-corrected chi connectivity index (χ2v) is 3.04. The summed E-state index contributed by atoms with van der Waals surface area (Å²) in [6.07, 6.45) is 0. The largest absolute Gasteiger partial charge is 0.367 e. The molecular formula is C7H5BrN2O. The number of aromatic nitrogens is 1. The molecular weight excluding hydrogens is 208 g/mol. The number of anilines is 1. The van der Waals surface area contributed by atoms with E-state index >= 15 is 0 Å². The van der Waals surface area contributed by atoms with Crippen LogP contribution in [0.5, 0.6) is 0 Å². The van der Waals surface area contributed by atoms with Gasteiger partial charge >= 0.3 is 0 Å². The highest BCUT2D eigenvalue weighted by molar-refractivity contribution is 9.10. The number of benzene rings is 1. The molecule has 0 spiro atoms. The van der Waals surface area contributed by atoms with Gasteiger partial charge in [0.1, 0.15) is 5.52 Å². The normalized spacial score (nSPS) is 10.6. The maximum atomic E-state index is 5.50. The first-order valence-electron chi connectivity index (χ1n) is 3.08. The molecule has 1 heterocycles. The van der Waals surface area contributed by atoms with Crippen LogP contribution in [0.4, 0.5) is 5.88 Å². The van der Waals surface area contributed by atoms with E-state index in [1.807, 2.05) is 18.2 Å². The van der Waals surface area contributed by atoms with Crippen LogP contribution in [0.1, 0.15) is 0 Å². The Bertz CT molecular complexity index is 396. The molecule has 0 saturated carbocycles. The minimum absolute atomic E-state index is 0.362. The molecule has 0 aliphatic heterocycles. The van der Waals surface area contributed by atoms with Crippen molar-refractivity contribution in [3.8, 4) is 0 Å². The average Bonchev–Trinajstić information content (AvgIpc) is 2.35. The molecule has 1 aromatic carbocycles. The molecule has 0 radical (unpaired) electrons. The standard InChI is InChI=1S/C7H5BrN2O/c8-5-3-1-2-4-6(5)10-11-7(4)9/h1-3H,9H2. The predicted molar refractivity (Wildman–Crippen MR) is 46.1 cm³/mol. The van der Waals surface area contributed by atoms with Crippen molar-refractivity contribution >= 4 is 32.7 Å². The molecule has 3 nitrogen and oxygen atoms in total. The van der Waals surface area contributed by atoms with Crippen molar-refractivity contribution in [1.82, 2.24) is 5.16 Å². The van der Waals surface area contributed by atoms with E-state index in [0.29, 0.717) is 5.88 Å². The van der Waals surface area contributed by atoms with Gasteiger partial charge in [-0.15, -0.1) is 0 Å². The summed E-state index contributed by atoms with van der Waals surface area (Å²) in [6.45, 7) is 0. The molecule has 0 amide bonds. The van der Waals surface area contributed by atoms with E-state index in [9.17, 15) is 0 Å². The lowest BCUT2D eigenvalue weighted by atomic mass is 10.2. The second kappa shape index (κ2) is 2.23. The minimum Gasteiger partial charge on any atom is -0.367 e. The van der Waals surface area contributed by atoms with Gasteiger partial charge in [0.2, 0.25) is 5.88 Å². The van der Waals surface area contributed by atoms with Gasteiger partial charge in [0.25, 0.3) is 0 Å². The Balaban J connectivity index is 2.94. The molecule has 2 aromatic rings. The molecule has 11 heavy (non-hydrogen) atoms. The molecule has 2 rings (SSSR count). The Morgan fingerprint density at radius 2 is 2.27 bits per heavy atom. The zero-order valence-corrected chi connectivity index (χ0v) is 7.13. The molecule has 0 bridgehead atoms. The Morgan fingerprint density at radius 3 is 3.00 bits per heavy atom. The van der Waals surface area contributed by atoms with Crippen LogP contribution in [-0.4, -0.2) is 5.16 Å². The molecule has 4 heteroatoms. The summed E-state index contributed by atoms with van der Waals surface area (Å²) in [5.41, 5.74) is 6.26. The number of fused-ring (bicyclic) bond motifs is 1. The van der Waals surface area contributed by atoms with E-state index in [-0.39, 0.29) is 0 Å². The van der Waals surface area contributed by atoms with Crippen LogP contribution in [0, 0.1) is 0 Å². The lowest BCUT2D eigenvalue weighted by Gasteiger charge is -1.88. The molecule has 0 atom stereocenters. The number of hydrogen-bond donors (Lipinski definition) is 1. The summed E-state index contributed by atoms with van der Waals surface area (Å²) in [7, 11) is 0. The van der Waals surface area contributed by atoms with Crippen LogP contribution in [0.3, 0.4) is 0 Å². The van der Waals surface area contributed by atoms with Crippen LogP contribution in [0.2, 0.25) is 0 Å². The van der Waals surface area contributed by atoms with E-state index in [0.717, 1.165) is 15.4 Å². The topological polar surface area (TPSA) is 52.0 Å². The number of halogens is 1. The molecule has 56 valence electrons. The first-order chi connectivity index (χ1) is 5.29. The maximum Gasteiger partial charge on any atom is 0.230 e. The van der Waals surface area contributed by atoms with Crippen molar-refractivity contribution in [3.63, 3.8) is 0 Å². The third kappa shape index (κ3) is 0.903. The number of nitrogens with zero attached hydrogens (tertiary/aromatic N) is 1.